The lowest BCUT2D eigenvalue weighted by atomic mass is 10.1. The van der Waals surface area contributed by atoms with Gasteiger partial charge < -0.3 is 14.2 Å². The Labute approximate surface area is 422 Å². The minimum atomic E-state index is -0.563. The maximum Gasteiger partial charge on any atom is 0.306 e. The monoisotopic (exact) mass is 945 g/mol. The van der Waals surface area contributed by atoms with E-state index in [0.29, 0.717) is 19.4 Å². The molecule has 1 atom stereocenters. The van der Waals surface area contributed by atoms with Crippen LogP contribution < -0.4 is 0 Å². The first-order valence-electron chi connectivity index (χ1n) is 28.8. The lowest BCUT2D eigenvalue weighted by Gasteiger charge is -2.18. The second kappa shape index (κ2) is 58.1. The highest BCUT2D eigenvalue weighted by Crippen LogP contribution is 2.14. The van der Waals surface area contributed by atoms with Gasteiger partial charge in [-0.25, -0.2) is 0 Å². The highest BCUT2D eigenvalue weighted by atomic mass is 16.6. The van der Waals surface area contributed by atoms with Crippen molar-refractivity contribution in [2.24, 2.45) is 0 Å². The number of rotatable bonds is 52. The van der Waals surface area contributed by atoms with Gasteiger partial charge in [-0.1, -0.05) is 227 Å². The summed E-state index contributed by atoms with van der Waals surface area (Å²) in [4.78, 5) is 25.5. The Morgan fingerprint density at radius 2 is 0.662 bits per heavy atom. The molecule has 5 nitrogen and oxygen atoms in total. The van der Waals surface area contributed by atoms with Crippen LogP contribution in [0.25, 0.3) is 0 Å². The van der Waals surface area contributed by atoms with Gasteiger partial charge in [0.05, 0.1) is 6.61 Å². The van der Waals surface area contributed by atoms with E-state index in [-0.39, 0.29) is 25.2 Å². The van der Waals surface area contributed by atoms with Crippen LogP contribution in [-0.4, -0.2) is 37.9 Å². The lowest BCUT2D eigenvalue weighted by Crippen LogP contribution is -2.30. The van der Waals surface area contributed by atoms with Crippen molar-refractivity contribution in [1.29, 1.82) is 0 Å². The molecule has 0 aromatic carbocycles. The molecular weight excluding hydrogens is 837 g/mol. The van der Waals surface area contributed by atoms with E-state index >= 15 is 0 Å². The normalized spacial score (nSPS) is 12.9. The van der Waals surface area contributed by atoms with E-state index in [2.05, 4.69) is 118 Å². The van der Waals surface area contributed by atoms with Gasteiger partial charge in [-0.3, -0.25) is 9.59 Å². The van der Waals surface area contributed by atoms with E-state index in [0.717, 1.165) is 103 Å². The standard InChI is InChI=1S/C63H108O5/c1-4-7-10-13-16-19-22-25-28-31-32-34-35-38-41-44-47-50-53-56-62(64)67-60-61(59-66-58-55-52-49-46-43-40-37-30-27-24-21-18-15-12-9-6-3)68-63(65)57-54-51-48-45-42-39-36-33-29-26-23-20-17-14-11-8-5-2/h8,11,16-21,25-30,36,39,61H,4-7,9-10,12-15,22-24,31-35,37-38,40-60H2,1-3H3/b11-8-,19-16-,20-17-,21-18-,28-25-,29-26-,30-27-,39-36-. The molecule has 0 aliphatic heterocycles. The van der Waals surface area contributed by atoms with Crippen LogP contribution in [0.4, 0.5) is 0 Å². The van der Waals surface area contributed by atoms with Gasteiger partial charge in [0, 0.05) is 19.4 Å². The van der Waals surface area contributed by atoms with E-state index < -0.39 is 6.10 Å². The van der Waals surface area contributed by atoms with Crippen LogP contribution in [0.5, 0.6) is 0 Å². The van der Waals surface area contributed by atoms with Crippen molar-refractivity contribution in [1.82, 2.24) is 0 Å². The zero-order valence-electron chi connectivity index (χ0n) is 44.8. The predicted octanol–water partition coefficient (Wildman–Crippen LogP) is 19.8. The molecule has 0 aromatic heterocycles. The Morgan fingerprint density at radius 3 is 1.06 bits per heavy atom. The van der Waals surface area contributed by atoms with Gasteiger partial charge >= 0.3 is 11.9 Å². The second-order valence-electron chi connectivity index (χ2n) is 18.8. The van der Waals surface area contributed by atoms with Crippen LogP contribution in [0.3, 0.4) is 0 Å². The molecule has 5 heteroatoms. The molecule has 390 valence electrons. The third-order valence-corrected chi connectivity index (χ3v) is 12.1. The van der Waals surface area contributed by atoms with E-state index in [4.69, 9.17) is 14.2 Å². The highest BCUT2D eigenvalue weighted by Gasteiger charge is 2.17. The van der Waals surface area contributed by atoms with Crippen LogP contribution in [0.1, 0.15) is 265 Å². The molecule has 0 heterocycles. The summed E-state index contributed by atoms with van der Waals surface area (Å²) in [5, 5.41) is 0. The van der Waals surface area contributed by atoms with E-state index in [1.807, 2.05) is 0 Å². The summed E-state index contributed by atoms with van der Waals surface area (Å²) < 4.78 is 17.5. The van der Waals surface area contributed by atoms with Crippen LogP contribution in [0.15, 0.2) is 97.2 Å². The first-order valence-corrected chi connectivity index (χ1v) is 28.8. The molecule has 0 bridgehead atoms. The van der Waals surface area contributed by atoms with E-state index in [9.17, 15) is 9.59 Å². The number of ether oxygens (including phenoxy) is 3. The van der Waals surface area contributed by atoms with Crippen molar-refractivity contribution in [2.45, 2.75) is 271 Å². The number of unbranched alkanes of at least 4 members (excludes halogenated alkanes) is 25. The minimum Gasteiger partial charge on any atom is -0.462 e. The van der Waals surface area contributed by atoms with Crippen LogP contribution in [0.2, 0.25) is 0 Å². The number of hydrogen-bond donors (Lipinski definition) is 0. The molecule has 68 heavy (non-hydrogen) atoms. The zero-order valence-corrected chi connectivity index (χ0v) is 44.8. The molecule has 0 aliphatic rings. The summed E-state index contributed by atoms with van der Waals surface area (Å²) >= 11 is 0. The van der Waals surface area contributed by atoms with Gasteiger partial charge in [0.1, 0.15) is 6.61 Å². The molecule has 0 saturated carbocycles. The fourth-order valence-electron chi connectivity index (χ4n) is 7.80. The van der Waals surface area contributed by atoms with Crippen molar-refractivity contribution in [2.75, 3.05) is 19.8 Å². The molecule has 0 N–H and O–H groups in total. The smallest absolute Gasteiger partial charge is 0.306 e. The largest absolute Gasteiger partial charge is 0.462 e. The van der Waals surface area contributed by atoms with Crippen molar-refractivity contribution in [3.8, 4) is 0 Å². The number of hydrogen-bond acceptors (Lipinski definition) is 5. The fraction of sp³-hybridized carbons (Fsp3) is 0.714. The van der Waals surface area contributed by atoms with E-state index in [1.54, 1.807) is 0 Å². The molecule has 0 rings (SSSR count). The Kier molecular flexibility index (Phi) is 55.4. The van der Waals surface area contributed by atoms with Gasteiger partial charge in [-0.2, -0.15) is 0 Å². The van der Waals surface area contributed by atoms with Crippen LogP contribution in [0, 0.1) is 0 Å². The van der Waals surface area contributed by atoms with E-state index in [1.165, 1.54) is 128 Å². The Hall–Kier alpha value is -3.18. The SMILES string of the molecule is CC/C=C\C/C=C\C/C=C\C/C=C\CCCCCCC(=O)OC(COCCCCCCCC/C=C\C/C=C\CCCCC)COC(=O)CCCCCCCCCCC/C=C\C/C=C\CCCCC. The average Bonchev–Trinajstić information content (AvgIpc) is 3.34. The first-order chi connectivity index (χ1) is 33.6. The van der Waals surface area contributed by atoms with Gasteiger partial charge in [-0.15, -0.1) is 0 Å². The van der Waals surface area contributed by atoms with Gasteiger partial charge in [0.2, 0.25) is 0 Å². The molecule has 0 aromatic rings. The minimum absolute atomic E-state index is 0.0646. The summed E-state index contributed by atoms with van der Waals surface area (Å²) in [7, 11) is 0. The maximum absolute atomic E-state index is 12.9. The summed E-state index contributed by atoms with van der Waals surface area (Å²) in [5.41, 5.74) is 0. The molecule has 0 fully saturated rings. The number of allylic oxidation sites excluding steroid dienone is 16. The van der Waals surface area contributed by atoms with Crippen molar-refractivity contribution in [3.05, 3.63) is 97.2 Å². The number of carbonyl (C=O) groups excluding carboxylic acids is 2. The maximum atomic E-state index is 12.9. The predicted molar refractivity (Wildman–Crippen MR) is 297 cm³/mol. The number of carbonyl (C=O) groups is 2. The summed E-state index contributed by atoms with van der Waals surface area (Å²) in [6, 6.07) is 0. The molecule has 1 unspecified atom stereocenters. The zero-order chi connectivity index (χ0) is 49.2. The Balaban J connectivity index is 4.35. The Bertz CT molecular complexity index is 1300. The van der Waals surface area contributed by atoms with Crippen molar-refractivity contribution >= 4 is 11.9 Å². The fourth-order valence-corrected chi connectivity index (χ4v) is 7.80. The summed E-state index contributed by atoms with van der Waals surface area (Å²) in [6.45, 7) is 7.63. The van der Waals surface area contributed by atoms with Gasteiger partial charge in [0.15, 0.2) is 6.10 Å². The molecule has 0 radical (unpaired) electrons. The van der Waals surface area contributed by atoms with Gasteiger partial charge in [0.25, 0.3) is 0 Å². The molecule has 0 aliphatic carbocycles. The number of esters is 2. The molecular formula is C63H108O5. The Morgan fingerprint density at radius 1 is 0.338 bits per heavy atom. The topological polar surface area (TPSA) is 61.8 Å². The van der Waals surface area contributed by atoms with Crippen molar-refractivity contribution < 1.29 is 23.8 Å². The quantitative estimate of drug-likeness (QED) is 0.0345. The van der Waals surface area contributed by atoms with Gasteiger partial charge in [-0.05, 0) is 122 Å². The summed E-state index contributed by atoms with van der Waals surface area (Å²) in [6.07, 6.45) is 78.5. The third-order valence-electron chi connectivity index (χ3n) is 12.1. The van der Waals surface area contributed by atoms with Crippen LogP contribution >= 0.6 is 0 Å². The molecule has 0 spiro atoms. The summed E-state index contributed by atoms with van der Waals surface area (Å²) in [5.74, 6) is -0.433. The average molecular weight is 946 g/mol. The highest BCUT2D eigenvalue weighted by molar-refractivity contribution is 5.70. The lowest BCUT2D eigenvalue weighted by molar-refractivity contribution is -0.163. The third kappa shape index (κ3) is 55.4. The molecule has 0 saturated heterocycles. The molecule has 0 amide bonds. The van der Waals surface area contributed by atoms with Crippen LogP contribution in [-0.2, 0) is 23.8 Å². The van der Waals surface area contributed by atoms with Crippen molar-refractivity contribution in [3.63, 3.8) is 0 Å². The first kappa shape index (κ1) is 64.8. The second-order valence-corrected chi connectivity index (χ2v) is 18.8.